The van der Waals surface area contributed by atoms with Gasteiger partial charge in [0.15, 0.2) is 30.6 Å². The van der Waals surface area contributed by atoms with Gasteiger partial charge in [0, 0.05) is 5.92 Å². The van der Waals surface area contributed by atoms with Crippen molar-refractivity contribution in [2.24, 2.45) is 50.2 Å². The van der Waals surface area contributed by atoms with Crippen molar-refractivity contribution in [2.75, 3.05) is 0 Å². The number of carbonyl (C=O) groups is 4. The summed E-state index contributed by atoms with van der Waals surface area (Å²) >= 11 is 0. The quantitative estimate of drug-likeness (QED) is 0.166. The van der Waals surface area contributed by atoms with Crippen molar-refractivity contribution in [1.82, 2.24) is 6.15 Å². The van der Waals surface area contributed by atoms with Crippen LogP contribution in [0.5, 0.6) is 0 Å². The minimum Gasteiger partial charge on any atom is -0.481 e. The second kappa shape index (κ2) is 15.1. The van der Waals surface area contributed by atoms with E-state index in [9.17, 15) is 60.0 Å². The molecule has 59 heavy (non-hydrogen) atoms. The SMILES string of the molecule is CC1(C)[C@@H](O[C@H]2O[C@H](C(=O)O)[C@@H](O)[C@H](O)C2O[C@@H]2O[C@H](C(=O)O)[C@@H](O)[C@H](O)[C@H]2O)CC[C@]2(C)[C@H]3C(=O)C=C4[C@@H]5C[C@@](C)(C(=O)O)CC[C@]5(C)CC[C@@]4(C)[C@]3(C)CC[C@@H]12.N. The number of carboxylic acids is 3. The molecule has 2 aliphatic heterocycles. The summed E-state index contributed by atoms with van der Waals surface area (Å²) in [5.74, 6) is -4.47. The van der Waals surface area contributed by atoms with Crippen molar-refractivity contribution in [3.05, 3.63) is 11.6 Å². The van der Waals surface area contributed by atoms with Crippen molar-refractivity contribution in [3.63, 3.8) is 0 Å². The van der Waals surface area contributed by atoms with Gasteiger partial charge in [0.1, 0.15) is 36.6 Å². The van der Waals surface area contributed by atoms with Crippen molar-refractivity contribution in [1.29, 1.82) is 0 Å². The lowest BCUT2D eigenvalue weighted by Crippen LogP contribution is -2.68. The molecule has 4 saturated carbocycles. The van der Waals surface area contributed by atoms with Gasteiger partial charge in [-0.1, -0.05) is 47.1 Å². The Labute approximate surface area is 344 Å². The maximum absolute atomic E-state index is 14.8. The molecule has 334 valence electrons. The van der Waals surface area contributed by atoms with Crippen LogP contribution in [0.25, 0.3) is 0 Å². The number of aliphatic hydroxyl groups excluding tert-OH is 5. The van der Waals surface area contributed by atoms with E-state index in [2.05, 4.69) is 27.7 Å². The first kappa shape index (κ1) is 45.9. The molecule has 6 fully saturated rings. The first-order valence-electron chi connectivity index (χ1n) is 20.7. The minimum atomic E-state index is -2.05. The van der Waals surface area contributed by atoms with Crippen LogP contribution < -0.4 is 6.15 Å². The number of hydrogen-bond donors (Lipinski definition) is 9. The highest BCUT2D eigenvalue weighted by molar-refractivity contribution is 5.95. The smallest absolute Gasteiger partial charge is 0.335 e. The fourth-order valence-electron chi connectivity index (χ4n) is 13.4. The third kappa shape index (κ3) is 6.72. The third-order valence-corrected chi connectivity index (χ3v) is 17.2. The van der Waals surface area contributed by atoms with E-state index in [1.807, 2.05) is 26.8 Å². The normalized spacial score (nSPS) is 51.7. The van der Waals surface area contributed by atoms with E-state index in [1.54, 1.807) is 0 Å². The summed E-state index contributed by atoms with van der Waals surface area (Å²) < 4.78 is 23.4. The van der Waals surface area contributed by atoms with Crippen LogP contribution in [-0.4, -0.2) is 132 Å². The molecule has 17 heteroatoms. The largest absolute Gasteiger partial charge is 0.481 e. The molecule has 0 bridgehead atoms. The first-order chi connectivity index (χ1) is 26.8. The highest BCUT2D eigenvalue weighted by Gasteiger charge is 2.71. The van der Waals surface area contributed by atoms with Crippen LogP contribution >= 0.6 is 0 Å². The average Bonchev–Trinajstić information content (AvgIpc) is 3.13. The number of carbonyl (C=O) groups excluding carboxylic acids is 1. The maximum atomic E-state index is 14.8. The fourth-order valence-corrected chi connectivity index (χ4v) is 13.4. The van der Waals surface area contributed by atoms with Crippen molar-refractivity contribution < 1.29 is 79.0 Å². The van der Waals surface area contributed by atoms with Gasteiger partial charge < -0.3 is 66.0 Å². The van der Waals surface area contributed by atoms with Crippen molar-refractivity contribution in [3.8, 4) is 0 Å². The van der Waals surface area contributed by atoms with E-state index in [4.69, 9.17) is 18.9 Å². The molecule has 0 amide bonds. The predicted molar refractivity (Wildman–Crippen MR) is 204 cm³/mol. The molecule has 0 aromatic rings. The summed E-state index contributed by atoms with van der Waals surface area (Å²) in [6.45, 7) is 14.8. The Morgan fingerprint density at radius 2 is 1.27 bits per heavy atom. The van der Waals surface area contributed by atoms with Crippen LogP contribution in [0.2, 0.25) is 0 Å². The lowest BCUT2D eigenvalue weighted by atomic mass is 9.33. The van der Waals surface area contributed by atoms with Crippen LogP contribution in [0, 0.1) is 50.2 Å². The Balaban J connectivity index is 0.00000585. The molecule has 2 heterocycles. The van der Waals surface area contributed by atoms with E-state index in [-0.39, 0.29) is 40.5 Å². The van der Waals surface area contributed by atoms with Crippen molar-refractivity contribution in [2.45, 2.75) is 174 Å². The molecular weight excluding hydrogens is 774 g/mol. The van der Waals surface area contributed by atoms with E-state index in [0.717, 1.165) is 37.7 Å². The monoisotopic (exact) mass is 839 g/mol. The number of ether oxygens (including phenoxy) is 4. The third-order valence-electron chi connectivity index (χ3n) is 17.2. The summed E-state index contributed by atoms with van der Waals surface area (Å²) in [7, 11) is 0. The van der Waals surface area contributed by atoms with Gasteiger partial charge in [-0.25, -0.2) is 9.59 Å². The molecule has 0 spiro atoms. The molecule has 19 atom stereocenters. The number of aliphatic carboxylic acids is 3. The fraction of sp³-hybridized carbons (Fsp3) is 0.857. The Bertz CT molecular complexity index is 1740. The van der Waals surface area contributed by atoms with Gasteiger partial charge in [0.05, 0.1) is 11.5 Å². The number of hydrogen-bond acceptors (Lipinski definition) is 14. The predicted octanol–water partition coefficient (Wildman–Crippen LogP) is 2.41. The molecule has 0 radical (unpaired) electrons. The Morgan fingerprint density at radius 1 is 0.695 bits per heavy atom. The summed E-state index contributed by atoms with van der Waals surface area (Å²) in [6, 6.07) is 0. The lowest BCUT2D eigenvalue weighted by Gasteiger charge is -2.70. The van der Waals surface area contributed by atoms with Gasteiger partial charge in [-0.3, -0.25) is 9.59 Å². The van der Waals surface area contributed by atoms with Crippen LogP contribution in [0.1, 0.15) is 106 Å². The van der Waals surface area contributed by atoms with Gasteiger partial charge in [0.25, 0.3) is 0 Å². The molecule has 7 aliphatic rings. The van der Waals surface area contributed by atoms with Crippen molar-refractivity contribution >= 4 is 23.7 Å². The van der Waals surface area contributed by atoms with Gasteiger partial charge >= 0.3 is 17.9 Å². The Hall–Kier alpha value is -2.58. The summed E-state index contributed by atoms with van der Waals surface area (Å²) in [4.78, 5) is 51.3. The molecular formula is C42H65NO16. The van der Waals surface area contributed by atoms with E-state index in [1.165, 1.54) is 0 Å². The molecule has 7 rings (SSSR count). The van der Waals surface area contributed by atoms with E-state index in [0.29, 0.717) is 25.7 Å². The average molecular weight is 840 g/mol. The van der Waals surface area contributed by atoms with E-state index < -0.39 is 107 Å². The molecule has 5 aliphatic carbocycles. The van der Waals surface area contributed by atoms with Crippen LogP contribution in [-0.2, 0) is 38.1 Å². The van der Waals surface area contributed by atoms with Gasteiger partial charge in [-0.05, 0) is 110 Å². The Morgan fingerprint density at radius 3 is 1.86 bits per heavy atom. The topological polar surface area (TPSA) is 302 Å². The zero-order valence-electron chi connectivity index (χ0n) is 35.1. The number of aliphatic hydroxyl groups is 5. The van der Waals surface area contributed by atoms with Crippen LogP contribution in [0.4, 0.5) is 0 Å². The molecule has 0 aromatic carbocycles. The minimum absolute atomic E-state index is 0. The lowest BCUT2D eigenvalue weighted by molar-refractivity contribution is -0.371. The summed E-state index contributed by atoms with van der Waals surface area (Å²) in [5.41, 5.74) is -1.81. The summed E-state index contributed by atoms with van der Waals surface area (Å²) in [6.07, 6.45) is -12.2. The molecule has 17 nitrogen and oxygen atoms in total. The van der Waals surface area contributed by atoms with Crippen LogP contribution in [0.3, 0.4) is 0 Å². The number of rotatable bonds is 7. The molecule has 2 saturated heterocycles. The molecule has 11 N–H and O–H groups in total. The molecule has 1 unspecified atom stereocenters. The van der Waals surface area contributed by atoms with E-state index >= 15 is 0 Å². The second-order valence-corrected chi connectivity index (χ2v) is 20.6. The maximum Gasteiger partial charge on any atom is 0.335 e. The number of carboxylic acid groups (broad SMARTS) is 3. The number of ketones is 1. The molecule has 0 aromatic heterocycles. The number of fused-ring (bicyclic) bond motifs is 7. The van der Waals surface area contributed by atoms with Gasteiger partial charge in [-0.2, -0.15) is 0 Å². The Kier molecular flexibility index (Phi) is 11.7. The highest BCUT2D eigenvalue weighted by atomic mass is 16.8. The standard InChI is InChI=1S/C42H62O16.H3N/c1-37(2)21-8-11-42(7)31(20(43)16-18-19-17-39(4,36(53)54)13-12-38(19,3)14-15-41(18,42)6)40(21,5)10-9-22(37)55-35-30(26(47)25(46)29(57-35)33(51)52)58-34-27(48)23(44)24(45)28(56-34)32(49)50;/h16,19,21-31,34-35,44-48H,8-15,17H2,1-7H3,(H,49,50)(H,51,52)(H,53,54);1H3/t19-,21-,22-,23-,24-,25-,26-,27+,28-,29-,30?,31+,34-,35-,38+,39-,40-,41+,42+;/m0./s1. The zero-order valence-corrected chi connectivity index (χ0v) is 35.1. The first-order valence-corrected chi connectivity index (χ1v) is 20.7. The van der Waals surface area contributed by atoms with Gasteiger partial charge in [0.2, 0.25) is 0 Å². The second-order valence-electron chi connectivity index (χ2n) is 20.6. The summed E-state index contributed by atoms with van der Waals surface area (Å²) in [5, 5.41) is 83.0. The van der Waals surface area contributed by atoms with Gasteiger partial charge in [-0.15, -0.1) is 0 Å². The highest BCUT2D eigenvalue weighted by Crippen LogP contribution is 2.75. The zero-order chi connectivity index (χ0) is 42.9. The number of allylic oxidation sites excluding steroid dienone is 2. The van der Waals surface area contributed by atoms with Crippen LogP contribution in [0.15, 0.2) is 11.6 Å².